The van der Waals surface area contributed by atoms with Gasteiger partial charge in [-0.25, -0.2) is 9.99 Å². The first kappa shape index (κ1) is 12.3. The summed E-state index contributed by atoms with van der Waals surface area (Å²) in [6.45, 7) is 4.31. The Morgan fingerprint density at radius 1 is 1.53 bits per heavy atom. The van der Waals surface area contributed by atoms with E-state index in [4.69, 9.17) is 0 Å². The van der Waals surface area contributed by atoms with Gasteiger partial charge in [0, 0.05) is 12.1 Å². The van der Waals surface area contributed by atoms with Gasteiger partial charge in [-0.05, 0) is 38.0 Å². The number of hydrazine groups is 1. The van der Waals surface area contributed by atoms with Gasteiger partial charge in [0.05, 0.1) is 4.92 Å². The van der Waals surface area contributed by atoms with E-state index in [0.29, 0.717) is 17.2 Å². The molecule has 2 atom stereocenters. The van der Waals surface area contributed by atoms with Crippen molar-refractivity contribution >= 4 is 21.5 Å². The lowest BCUT2D eigenvalue weighted by atomic mass is 10.00. The Morgan fingerprint density at radius 2 is 2.18 bits per heavy atom. The summed E-state index contributed by atoms with van der Waals surface area (Å²) >= 11 is 1.08. The van der Waals surface area contributed by atoms with Gasteiger partial charge in [0.15, 0.2) is 0 Å². The number of hydrogen-bond acceptors (Lipinski definition) is 6. The molecule has 1 N–H and O–H groups in total. The van der Waals surface area contributed by atoms with E-state index >= 15 is 0 Å². The van der Waals surface area contributed by atoms with Crippen LogP contribution in [0.15, 0.2) is 6.20 Å². The zero-order valence-corrected chi connectivity index (χ0v) is 10.7. The van der Waals surface area contributed by atoms with Gasteiger partial charge in [-0.3, -0.25) is 15.5 Å². The molecule has 7 heteroatoms. The van der Waals surface area contributed by atoms with Crippen LogP contribution in [0.1, 0.15) is 33.1 Å². The van der Waals surface area contributed by atoms with Crippen LogP contribution in [0.2, 0.25) is 0 Å². The minimum Gasteiger partial charge on any atom is -0.294 e. The number of aromatic nitrogens is 1. The van der Waals surface area contributed by atoms with Crippen LogP contribution in [0.25, 0.3) is 0 Å². The Hall–Kier alpha value is -1.21. The molecule has 0 saturated carbocycles. The molecule has 1 saturated heterocycles. The molecule has 0 aliphatic carbocycles. The van der Waals surface area contributed by atoms with E-state index in [1.165, 1.54) is 12.6 Å². The van der Waals surface area contributed by atoms with Gasteiger partial charge < -0.3 is 0 Å². The first-order valence-electron chi connectivity index (χ1n) is 5.73. The molecule has 1 aliphatic rings. The number of nitro groups is 1. The van der Waals surface area contributed by atoms with Crippen LogP contribution in [0.4, 0.5) is 10.1 Å². The van der Waals surface area contributed by atoms with E-state index < -0.39 is 4.92 Å². The highest BCUT2D eigenvalue weighted by atomic mass is 32.1. The molecule has 0 bridgehead atoms. The number of hydrogen-bond donors (Lipinski definition) is 1. The van der Waals surface area contributed by atoms with Crippen LogP contribution >= 0.6 is 11.3 Å². The average Bonchev–Trinajstić information content (AvgIpc) is 2.72. The molecular formula is C10H16N4O2S. The van der Waals surface area contributed by atoms with E-state index in [-0.39, 0.29) is 5.00 Å². The topological polar surface area (TPSA) is 71.3 Å². The van der Waals surface area contributed by atoms with Crippen LogP contribution in [-0.4, -0.2) is 27.0 Å². The summed E-state index contributed by atoms with van der Waals surface area (Å²) in [5.74, 6) is 0. The molecular weight excluding hydrogens is 240 g/mol. The summed E-state index contributed by atoms with van der Waals surface area (Å²) in [6.07, 6.45) is 4.82. The van der Waals surface area contributed by atoms with Crippen molar-refractivity contribution in [3.05, 3.63) is 16.3 Å². The van der Waals surface area contributed by atoms with Gasteiger partial charge in [0.2, 0.25) is 5.13 Å². The molecule has 1 aromatic heterocycles. The molecule has 1 aromatic rings. The van der Waals surface area contributed by atoms with E-state index in [2.05, 4.69) is 29.3 Å². The molecule has 2 heterocycles. The second-order valence-electron chi connectivity index (χ2n) is 4.41. The third-order valence-electron chi connectivity index (χ3n) is 3.09. The monoisotopic (exact) mass is 256 g/mol. The van der Waals surface area contributed by atoms with Crippen molar-refractivity contribution in [2.24, 2.45) is 0 Å². The van der Waals surface area contributed by atoms with Crippen LogP contribution in [0.5, 0.6) is 0 Å². The summed E-state index contributed by atoms with van der Waals surface area (Å²) in [6, 6.07) is 0.864. The predicted octanol–water partition coefficient (Wildman–Crippen LogP) is 2.64. The first-order chi connectivity index (χ1) is 8.08. The molecule has 0 radical (unpaired) electrons. The van der Waals surface area contributed by atoms with Crippen molar-refractivity contribution in [1.82, 2.24) is 9.99 Å². The second-order valence-corrected chi connectivity index (χ2v) is 5.42. The number of nitrogens with zero attached hydrogens (tertiary/aromatic N) is 3. The number of nitrogens with one attached hydrogen (secondary N) is 1. The van der Waals surface area contributed by atoms with Crippen LogP contribution in [0, 0.1) is 10.1 Å². The highest BCUT2D eigenvalue weighted by Gasteiger charge is 2.25. The molecule has 1 aliphatic heterocycles. The second kappa shape index (κ2) is 4.97. The quantitative estimate of drug-likeness (QED) is 0.665. The Balaban J connectivity index is 2.05. The molecule has 0 spiro atoms. The zero-order chi connectivity index (χ0) is 12.4. The van der Waals surface area contributed by atoms with E-state index in [9.17, 15) is 10.1 Å². The zero-order valence-electron chi connectivity index (χ0n) is 9.92. The van der Waals surface area contributed by atoms with Gasteiger partial charge >= 0.3 is 5.00 Å². The molecule has 2 rings (SSSR count). The highest BCUT2D eigenvalue weighted by molar-refractivity contribution is 7.18. The smallest absolute Gasteiger partial charge is 0.294 e. The maximum absolute atomic E-state index is 10.6. The fraction of sp³-hybridized carbons (Fsp3) is 0.700. The summed E-state index contributed by atoms with van der Waals surface area (Å²) in [5.41, 5.74) is 3.19. The van der Waals surface area contributed by atoms with Gasteiger partial charge in [-0.1, -0.05) is 6.42 Å². The van der Waals surface area contributed by atoms with Crippen LogP contribution in [-0.2, 0) is 0 Å². The number of anilines is 1. The Bertz CT molecular complexity index is 399. The SMILES string of the molecule is CC1CCCC(C)N1Nc1ncc([N+](=O)[O-])s1. The summed E-state index contributed by atoms with van der Waals surface area (Å²) in [4.78, 5) is 14.2. The van der Waals surface area contributed by atoms with Gasteiger partial charge in [-0.2, -0.15) is 0 Å². The van der Waals surface area contributed by atoms with Crippen molar-refractivity contribution < 1.29 is 4.92 Å². The van der Waals surface area contributed by atoms with Crippen molar-refractivity contribution in [2.45, 2.75) is 45.2 Å². The van der Waals surface area contributed by atoms with Crippen molar-refractivity contribution in [1.29, 1.82) is 0 Å². The lowest BCUT2D eigenvalue weighted by Crippen LogP contribution is -2.47. The Kier molecular flexibility index (Phi) is 3.58. The molecule has 94 valence electrons. The number of rotatable bonds is 3. The van der Waals surface area contributed by atoms with Crippen molar-refractivity contribution in [3.8, 4) is 0 Å². The molecule has 17 heavy (non-hydrogen) atoms. The summed E-state index contributed by atoms with van der Waals surface area (Å²) < 4.78 is 0. The minimum atomic E-state index is -0.411. The summed E-state index contributed by atoms with van der Waals surface area (Å²) in [5, 5.41) is 13.4. The lowest BCUT2D eigenvalue weighted by Gasteiger charge is -2.38. The first-order valence-corrected chi connectivity index (χ1v) is 6.55. The van der Waals surface area contributed by atoms with Gasteiger partial charge in [0.25, 0.3) is 0 Å². The lowest BCUT2D eigenvalue weighted by molar-refractivity contribution is -0.380. The standard InChI is InChI=1S/C10H16N4O2S/c1-7-4-3-5-8(2)13(7)12-10-11-6-9(17-10)14(15)16/h6-8H,3-5H2,1-2H3,(H,11,12). The fourth-order valence-electron chi connectivity index (χ4n) is 2.15. The normalized spacial score (nSPS) is 25.8. The Morgan fingerprint density at radius 3 is 2.71 bits per heavy atom. The molecule has 1 fully saturated rings. The van der Waals surface area contributed by atoms with Gasteiger partial charge in [0.1, 0.15) is 6.20 Å². The number of thiazole rings is 1. The van der Waals surface area contributed by atoms with E-state index in [1.54, 1.807) is 0 Å². The highest BCUT2D eigenvalue weighted by Crippen LogP contribution is 2.28. The largest absolute Gasteiger partial charge is 0.345 e. The van der Waals surface area contributed by atoms with Crippen LogP contribution in [0.3, 0.4) is 0 Å². The van der Waals surface area contributed by atoms with Crippen LogP contribution < -0.4 is 5.43 Å². The Labute approximate surface area is 104 Å². The van der Waals surface area contributed by atoms with Crippen molar-refractivity contribution in [3.63, 3.8) is 0 Å². The fourth-order valence-corrected chi connectivity index (χ4v) is 2.79. The number of piperidine rings is 1. The molecule has 0 aromatic carbocycles. The van der Waals surface area contributed by atoms with E-state index in [1.807, 2.05) is 0 Å². The average molecular weight is 256 g/mol. The van der Waals surface area contributed by atoms with E-state index in [0.717, 1.165) is 24.2 Å². The minimum absolute atomic E-state index is 0.0739. The summed E-state index contributed by atoms with van der Waals surface area (Å²) in [7, 11) is 0. The third-order valence-corrected chi connectivity index (χ3v) is 3.95. The maximum Gasteiger partial charge on any atom is 0.345 e. The third kappa shape index (κ3) is 2.73. The maximum atomic E-state index is 10.6. The molecule has 6 nitrogen and oxygen atoms in total. The molecule has 2 unspecified atom stereocenters. The predicted molar refractivity (Wildman–Crippen MR) is 67.0 cm³/mol. The van der Waals surface area contributed by atoms with Crippen molar-refractivity contribution in [2.75, 3.05) is 5.43 Å². The van der Waals surface area contributed by atoms with Gasteiger partial charge in [-0.15, -0.1) is 0 Å². The molecule has 0 amide bonds.